The van der Waals surface area contributed by atoms with Gasteiger partial charge < -0.3 is 9.66 Å². The van der Waals surface area contributed by atoms with Gasteiger partial charge >= 0.3 is 5.97 Å². The Hall–Kier alpha value is -1.63. The molecule has 0 radical (unpaired) electrons. The van der Waals surface area contributed by atoms with E-state index in [4.69, 9.17) is 16.7 Å². The standard InChI is InChI=1S/C21H21ClF2O3S/c22-15-2-5-17(6-3-15)28(27)21(18-13-16(23)4-7-19(18)24)11-9-14(10-12-21)1-8-20(25)26/h2-7,13-14H,1,8-12H2,(H,25,26)/t14-,21+,28?. The molecule has 1 N–H and O–H groups in total. The Balaban J connectivity index is 1.95. The first-order chi connectivity index (χ1) is 13.3. The van der Waals surface area contributed by atoms with Gasteiger partial charge in [-0.3, -0.25) is 4.79 Å². The monoisotopic (exact) mass is 426 g/mol. The van der Waals surface area contributed by atoms with Gasteiger partial charge in [0.2, 0.25) is 0 Å². The Labute approximate surface area is 170 Å². The number of hydrogen-bond acceptors (Lipinski definition) is 2. The van der Waals surface area contributed by atoms with Gasteiger partial charge in [-0.05, 0) is 78.8 Å². The summed E-state index contributed by atoms with van der Waals surface area (Å²) in [6, 6.07) is 9.81. The van der Waals surface area contributed by atoms with Crippen LogP contribution < -0.4 is 0 Å². The van der Waals surface area contributed by atoms with E-state index in [1.165, 1.54) is 0 Å². The van der Waals surface area contributed by atoms with Gasteiger partial charge in [0.1, 0.15) is 11.6 Å². The van der Waals surface area contributed by atoms with Gasteiger partial charge in [-0.15, -0.1) is 0 Å². The molecular formula is C21H21ClF2O3S. The van der Waals surface area contributed by atoms with E-state index in [0.717, 1.165) is 18.2 Å². The smallest absolute Gasteiger partial charge is 0.303 e. The fourth-order valence-corrected chi connectivity index (χ4v) is 5.87. The van der Waals surface area contributed by atoms with Crippen LogP contribution in [0.5, 0.6) is 0 Å². The van der Waals surface area contributed by atoms with Gasteiger partial charge in [0.25, 0.3) is 0 Å². The van der Waals surface area contributed by atoms with Crippen molar-refractivity contribution in [3.8, 4) is 0 Å². The number of hydrogen-bond donors (Lipinski definition) is 1. The number of rotatable bonds is 6. The van der Waals surface area contributed by atoms with E-state index < -0.39 is 33.5 Å². The zero-order valence-electron chi connectivity index (χ0n) is 15.2. The van der Waals surface area contributed by atoms with Gasteiger partial charge in [-0.2, -0.15) is 0 Å². The quantitative estimate of drug-likeness (QED) is 0.605. The zero-order chi connectivity index (χ0) is 20.3. The molecule has 0 aliphatic heterocycles. The summed E-state index contributed by atoms with van der Waals surface area (Å²) in [6.07, 6.45) is 2.63. The van der Waals surface area contributed by atoms with Crippen LogP contribution in [-0.2, 0) is 20.7 Å². The van der Waals surface area contributed by atoms with E-state index in [1.807, 2.05) is 0 Å². The highest BCUT2D eigenvalue weighted by Gasteiger charge is 2.49. The molecule has 3 nitrogen and oxygen atoms in total. The average Bonchev–Trinajstić information content (AvgIpc) is 2.68. The second kappa shape index (κ2) is 8.80. The number of carboxylic acid groups (broad SMARTS) is 1. The normalized spacial score (nSPS) is 23.4. The highest BCUT2D eigenvalue weighted by atomic mass is 35.5. The summed E-state index contributed by atoms with van der Waals surface area (Å²) in [6.45, 7) is 0. The number of benzene rings is 2. The third-order valence-electron chi connectivity index (χ3n) is 5.48. The zero-order valence-corrected chi connectivity index (χ0v) is 16.7. The third kappa shape index (κ3) is 4.50. The Morgan fingerprint density at radius 3 is 2.43 bits per heavy atom. The van der Waals surface area contributed by atoms with Crippen LogP contribution in [0.25, 0.3) is 0 Å². The lowest BCUT2D eigenvalue weighted by molar-refractivity contribution is -0.137. The lowest BCUT2D eigenvalue weighted by Gasteiger charge is -2.41. The highest BCUT2D eigenvalue weighted by molar-refractivity contribution is 7.92. The van der Waals surface area contributed by atoms with Gasteiger partial charge in [0.05, 0.1) is 0 Å². The minimum absolute atomic E-state index is 0.0757. The van der Waals surface area contributed by atoms with Crippen LogP contribution in [0.3, 0.4) is 0 Å². The highest BCUT2D eigenvalue weighted by Crippen LogP contribution is 2.49. The number of aliphatic carboxylic acids is 1. The lowest BCUT2D eigenvalue weighted by Crippen LogP contribution is -2.40. The van der Waals surface area contributed by atoms with E-state index >= 15 is 0 Å². The molecule has 0 heterocycles. The molecule has 1 saturated carbocycles. The van der Waals surface area contributed by atoms with E-state index in [0.29, 0.717) is 42.0 Å². The van der Waals surface area contributed by atoms with Crippen LogP contribution in [0.1, 0.15) is 44.1 Å². The maximum Gasteiger partial charge on any atom is 0.303 e. The molecule has 150 valence electrons. The Morgan fingerprint density at radius 1 is 1.18 bits per heavy atom. The van der Waals surface area contributed by atoms with Crippen LogP contribution in [0, 0.1) is 17.6 Å². The molecule has 0 saturated heterocycles. The molecule has 28 heavy (non-hydrogen) atoms. The lowest BCUT2D eigenvalue weighted by atomic mass is 9.76. The molecule has 2 aromatic carbocycles. The molecule has 1 aliphatic carbocycles. The minimum Gasteiger partial charge on any atom is -0.611 e. The number of carboxylic acids is 1. The molecule has 0 amide bonds. The first-order valence-corrected chi connectivity index (χ1v) is 10.7. The molecule has 0 spiro atoms. The summed E-state index contributed by atoms with van der Waals surface area (Å²) >= 11 is 4.31. The Bertz CT molecular complexity index is 836. The fourth-order valence-electron chi connectivity index (χ4n) is 3.95. The minimum atomic E-state index is -1.62. The summed E-state index contributed by atoms with van der Waals surface area (Å²) in [7, 11) is 0. The number of halogens is 3. The van der Waals surface area contributed by atoms with Crippen molar-refractivity contribution in [1.29, 1.82) is 0 Å². The maximum absolute atomic E-state index is 14.7. The van der Waals surface area contributed by atoms with Crippen molar-refractivity contribution in [2.24, 2.45) is 5.92 Å². The number of carbonyl (C=O) groups is 1. The first kappa shape index (κ1) is 21.1. The van der Waals surface area contributed by atoms with Crippen LogP contribution in [0.4, 0.5) is 8.78 Å². The van der Waals surface area contributed by atoms with Crippen molar-refractivity contribution >= 4 is 28.7 Å². The molecular weight excluding hydrogens is 406 g/mol. The molecule has 1 fully saturated rings. The summed E-state index contributed by atoms with van der Waals surface area (Å²) in [5.41, 5.74) is 0.123. The molecule has 7 heteroatoms. The van der Waals surface area contributed by atoms with Gasteiger partial charge in [-0.1, -0.05) is 11.6 Å². The second-order valence-electron chi connectivity index (χ2n) is 7.22. The molecule has 0 bridgehead atoms. The molecule has 1 unspecified atom stereocenters. The predicted octanol–water partition coefficient (Wildman–Crippen LogP) is 5.68. The first-order valence-electron chi connectivity index (χ1n) is 9.16. The van der Waals surface area contributed by atoms with Crippen molar-refractivity contribution < 1.29 is 23.2 Å². The van der Waals surface area contributed by atoms with Crippen molar-refractivity contribution in [3.63, 3.8) is 0 Å². The fraction of sp³-hybridized carbons (Fsp3) is 0.381. The summed E-state index contributed by atoms with van der Waals surface area (Å²) in [5, 5.41) is 9.40. The molecule has 1 atom stereocenters. The van der Waals surface area contributed by atoms with E-state index in [1.54, 1.807) is 24.3 Å². The molecule has 3 rings (SSSR count). The Morgan fingerprint density at radius 2 is 1.82 bits per heavy atom. The maximum atomic E-state index is 14.7. The molecule has 0 aromatic heterocycles. The van der Waals surface area contributed by atoms with Crippen LogP contribution in [0.2, 0.25) is 5.02 Å². The summed E-state index contributed by atoms with van der Waals surface area (Å²) < 4.78 is 41.1. The predicted molar refractivity (Wildman–Crippen MR) is 105 cm³/mol. The van der Waals surface area contributed by atoms with Gasteiger partial charge in [0.15, 0.2) is 9.64 Å². The van der Waals surface area contributed by atoms with Crippen molar-refractivity contribution in [3.05, 3.63) is 64.7 Å². The van der Waals surface area contributed by atoms with E-state index in [-0.39, 0.29) is 17.9 Å². The van der Waals surface area contributed by atoms with Crippen molar-refractivity contribution in [1.82, 2.24) is 0 Å². The largest absolute Gasteiger partial charge is 0.611 e. The van der Waals surface area contributed by atoms with E-state index in [9.17, 15) is 18.1 Å². The summed E-state index contributed by atoms with van der Waals surface area (Å²) in [5.74, 6) is -1.83. The third-order valence-corrected chi connectivity index (χ3v) is 7.77. The average molecular weight is 427 g/mol. The second-order valence-corrected chi connectivity index (χ2v) is 9.44. The van der Waals surface area contributed by atoms with Crippen LogP contribution >= 0.6 is 11.6 Å². The van der Waals surface area contributed by atoms with Gasteiger partial charge in [-0.25, -0.2) is 8.78 Å². The molecule has 1 aliphatic rings. The molecule has 2 aromatic rings. The summed E-state index contributed by atoms with van der Waals surface area (Å²) in [4.78, 5) is 11.4. The Kier molecular flexibility index (Phi) is 6.63. The topological polar surface area (TPSA) is 60.4 Å². The van der Waals surface area contributed by atoms with Crippen LogP contribution in [-0.4, -0.2) is 15.6 Å². The van der Waals surface area contributed by atoms with Gasteiger partial charge in [0, 0.05) is 29.8 Å². The van der Waals surface area contributed by atoms with Crippen molar-refractivity contribution in [2.45, 2.75) is 48.2 Å². The SMILES string of the molecule is O=C(O)CC[C@H]1CC[C@@](c2cc(F)ccc2F)([S+]([O-])c2ccc(Cl)cc2)CC1. The van der Waals surface area contributed by atoms with Crippen molar-refractivity contribution in [2.75, 3.05) is 0 Å². The van der Waals surface area contributed by atoms with Crippen LogP contribution in [0.15, 0.2) is 47.4 Å². The van der Waals surface area contributed by atoms with E-state index in [2.05, 4.69) is 0 Å².